The number of ether oxygens (including phenoxy) is 1. The fraction of sp³-hybridized carbons (Fsp3) is 0.435. The van der Waals surface area contributed by atoms with Gasteiger partial charge in [-0.1, -0.05) is 56.6 Å². The second-order valence-corrected chi connectivity index (χ2v) is 10.9. The van der Waals surface area contributed by atoms with Crippen LogP contribution in [0.4, 0.5) is 5.69 Å². The van der Waals surface area contributed by atoms with E-state index in [4.69, 9.17) is 16.3 Å². The lowest BCUT2D eigenvalue weighted by Gasteiger charge is -2.30. The van der Waals surface area contributed by atoms with E-state index < -0.39 is 22.0 Å². The van der Waals surface area contributed by atoms with Gasteiger partial charge in [-0.25, -0.2) is 8.42 Å². The summed E-state index contributed by atoms with van der Waals surface area (Å²) >= 11 is 6.08. The molecule has 2 aromatic rings. The van der Waals surface area contributed by atoms with Crippen molar-refractivity contribution in [3.05, 3.63) is 58.6 Å². The van der Waals surface area contributed by atoms with E-state index >= 15 is 0 Å². The molecule has 2 aromatic carbocycles. The van der Waals surface area contributed by atoms with E-state index in [2.05, 4.69) is 26.1 Å². The fourth-order valence-corrected chi connectivity index (χ4v) is 4.64. The van der Waals surface area contributed by atoms with Crippen LogP contribution in [0.2, 0.25) is 5.02 Å². The van der Waals surface area contributed by atoms with Crippen molar-refractivity contribution in [2.24, 2.45) is 0 Å². The Bertz CT molecular complexity index is 1030. The van der Waals surface area contributed by atoms with Gasteiger partial charge in [0.2, 0.25) is 15.9 Å². The zero-order valence-corrected chi connectivity index (χ0v) is 20.6. The summed E-state index contributed by atoms with van der Waals surface area (Å²) < 4.78 is 31.5. The van der Waals surface area contributed by atoms with E-state index in [9.17, 15) is 13.2 Å². The Kier molecular flexibility index (Phi) is 7.66. The van der Waals surface area contributed by atoms with Crippen molar-refractivity contribution >= 4 is 33.2 Å². The largest absolute Gasteiger partial charge is 0.495 e. The first kappa shape index (κ1) is 25.0. The van der Waals surface area contributed by atoms with Gasteiger partial charge in [0.15, 0.2) is 0 Å². The molecule has 0 heterocycles. The summed E-state index contributed by atoms with van der Waals surface area (Å²) in [6, 6.07) is 11.4. The number of sulfonamides is 1. The zero-order valence-electron chi connectivity index (χ0n) is 19.1. The summed E-state index contributed by atoms with van der Waals surface area (Å²) in [6.07, 6.45) is 1.05. The van der Waals surface area contributed by atoms with Crippen LogP contribution in [0.25, 0.3) is 0 Å². The van der Waals surface area contributed by atoms with Gasteiger partial charge in [-0.3, -0.25) is 9.10 Å². The first-order valence-electron chi connectivity index (χ1n) is 9.99. The molecule has 2 atom stereocenters. The Labute approximate surface area is 190 Å². The second-order valence-electron chi connectivity index (χ2n) is 8.65. The normalized spacial score (nSPS) is 13.9. The maximum atomic E-state index is 13.0. The van der Waals surface area contributed by atoms with Crippen LogP contribution in [0, 0.1) is 0 Å². The van der Waals surface area contributed by atoms with Gasteiger partial charge in [-0.15, -0.1) is 0 Å². The summed E-state index contributed by atoms with van der Waals surface area (Å²) in [6.45, 7) is 9.81. The number of benzene rings is 2. The van der Waals surface area contributed by atoms with Gasteiger partial charge in [0, 0.05) is 5.02 Å². The third kappa shape index (κ3) is 6.14. The quantitative estimate of drug-likeness (QED) is 0.642. The first-order valence-corrected chi connectivity index (χ1v) is 12.2. The molecule has 0 unspecified atom stereocenters. The van der Waals surface area contributed by atoms with Crippen LogP contribution in [0.5, 0.6) is 5.75 Å². The third-order valence-electron chi connectivity index (χ3n) is 5.10. The number of hydrogen-bond acceptors (Lipinski definition) is 4. The Balaban J connectivity index is 2.29. The van der Waals surface area contributed by atoms with E-state index in [0.717, 1.165) is 16.1 Å². The van der Waals surface area contributed by atoms with Crippen molar-refractivity contribution in [3.8, 4) is 5.75 Å². The minimum absolute atomic E-state index is 0.0333. The molecule has 6 nitrogen and oxygen atoms in total. The number of hydrogen-bond donors (Lipinski definition) is 1. The Morgan fingerprint density at radius 3 is 2.16 bits per heavy atom. The van der Waals surface area contributed by atoms with E-state index in [-0.39, 0.29) is 17.1 Å². The van der Waals surface area contributed by atoms with Crippen molar-refractivity contribution < 1.29 is 17.9 Å². The Morgan fingerprint density at radius 1 is 1.10 bits per heavy atom. The number of nitrogens with one attached hydrogen (secondary N) is 1. The van der Waals surface area contributed by atoms with Crippen molar-refractivity contribution in [3.63, 3.8) is 0 Å². The molecule has 1 N–H and O–H groups in total. The molecule has 0 saturated heterocycles. The van der Waals surface area contributed by atoms with Crippen LogP contribution >= 0.6 is 11.6 Å². The number of methoxy groups -OCH3 is 1. The highest BCUT2D eigenvalue weighted by molar-refractivity contribution is 7.92. The minimum atomic E-state index is -3.80. The summed E-state index contributed by atoms with van der Waals surface area (Å²) in [7, 11) is -2.37. The standard InChI is InChI=1S/C23H31ClN2O4S/c1-15(17-8-10-18(11-9-17)23(3,4)5)25-22(27)16(2)26(31(7,28)29)20-14-19(24)12-13-21(20)30-6/h8-16H,1-7H3,(H,25,27)/t15-,16-/m0/s1. The molecule has 8 heteroatoms. The molecule has 2 rings (SSSR count). The molecule has 0 radical (unpaired) electrons. The third-order valence-corrected chi connectivity index (χ3v) is 6.56. The number of carbonyl (C=O) groups excluding carboxylic acids is 1. The van der Waals surface area contributed by atoms with E-state index in [0.29, 0.717) is 10.8 Å². The second kappa shape index (κ2) is 9.49. The predicted octanol–water partition coefficient (Wildman–Crippen LogP) is 4.68. The van der Waals surface area contributed by atoms with E-state index in [1.54, 1.807) is 12.1 Å². The van der Waals surface area contributed by atoms with Crippen LogP contribution in [-0.2, 0) is 20.2 Å². The van der Waals surface area contributed by atoms with Gasteiger partial charge in [0.25, 0.3) is 0 Å². The lowest BCUT2D eigenvalue weighted by Crippen LogP contribution is -2.48. The number of nitrogens with zero attached hydrogens (tertiary/aromatic N) is 1. The maximum absolute atomic E-state index is 13.0. The highest BCUT2D eigenvalue weighted by atomic mass is 35.5. The molecule has 0 aliphatic rings. The maximum Gasteiger partial charge on any atom is 0.244 e. The van der Waals surface area contributed by atoms with Gasteiger partial charge in [0.05, 0.1) is 25.1 Å². The molecule has 0 bridgehead atoms. The molecule has 0 aliphatic carbocycles. The smallest absolute Gasteiger partial charge is 0.244 e. The van der Waals surface area contributed by atoms with Crippen LogP contribution in [-0.4, -0.2) is 33.7 Å². The number of rotatable bonds is 7. The van der Waals surface area contributed by atoms with E-state index in [1.165, 1.54) is 25.7 Å². The molecular weight excluding hydrogens is 436 g/mol. The Hall–Kier alpha value is -2.25. The van der Waals surface area contributed by atoms with Gasteiger partial charge >= 0.3 is 0 Å². The van der Waals surface area contributed by atoms with Crippen molar-refractivity contribution in [1.82, 2.24) is 5.32 Å². The zero-order chi connectivity index (χ0) is 23.6. The van der Waals surface area contributed by atoms with E-state index in [1.807, 2.05) is 31.2 Å². The summed E-state index contributed by atoms with van der Waals surface area (Å²) in [5, 5.41) is 3.25. The molecule has 1 amide bonds. The molecule has 0 aromatic heterocycles. The topological polar surface area (TPSA) is 75.7 Å². The van der Waals surface area contributed by atoms with Crippen LogP contribution < -0.4 is 14.4 Å². The number of amides is 1. The molecule has 0 fully saturated rings. The Morgan fingerprint density at radius 2 is 1.68 bits per heavy atom. The molecule has 170 valence electrons. The molecule has 0 spiro atoms. The molecule has 0 aliphatic heterocycles. The highest BCUT2D eigenvalue weighted by Crippen LogP contribution is 2.34. The molecule has 0 saturated carbocycles. The van der Waals surface area contributed by atoms with Crippen molar-refractivity contribution in [2.75, 3.05) is 17.7 Å². The fourth-order valence-electron chi connectivity index (χ4n) is 3.31. The number of anilines is 1. The summed E-state index contributed by atoms with van der Waals surface area (Å²) in [5.74, 6) is -0.125. The monoisotopic (exact) mass is 466 g/mol. The molecule has 31 heavy (non-hydrogen) atoms. The lowest BCUT2D eigenvalue weighted by atomic mass is 9.86. The number of carbonyl (C=O) groups is 1. The SMILES string of the molecule is COc1ccc(Cl)cc1N([C@@H](C)C(=O)N[C@@H](C)c1ccc(C(C)(C)C)cc1)S(C)(=O)=O. The number of halogens is 1. The van der Waals surface area contributed by atoms with Gasteiger partial charge in [0.1, 0.15) is 11.8 Å². The van der Waals surface area contributed by atoms with Gasteiger partial charge in [-0.2, -0.15) is 0 Å². The first-order chi connectivity index (χ1) is 14.3. The lowest BCUT2D eigenvalue weighted by molar-refractivity contribution is -0.122. The van der Waals surface area contributed by atoms with Crippen LogP contribution in [0.3, 0.4) is 0 Å². The van der Waals surface area contributed by atoms with Crippen LogP contribution in [0.15, 0.2) is 42.5 Å². The van der Waals surface area contributed by atoms with Gasteiger partial charge in [-0.05, 0) is 48.6 Å². The average Bonchev–Trinajstić information content (AvgIpc) is 2.66. The summed E-state index contributed by atoms with van der Waals surface area (Å²) in [4.78, 5) is 13.0. The minimum Gasteiger partial charge on any atom is -0.495 e. The van der Waals surface area contributed by atoms with Crippen molar-refractivity contribution in [1.29, 1.82) is 0 Å². The highest BCUT2D eigenvalue weighted by Gasteiger charge is 2.32. The van der Waals surface area contributed by atoms with Crippen molar-refractivity contribution in [2.45, 2.75) is 52.1 Å². The summed E-state index contributed by atoms with van der Waals surface area (Å²) in [5.41, 5.74) is 2.37. The van der Waals surface area contributed by atoms with Crippen LogP contribution in [0.1, 0.15) is 51.8 Å². The molecular formula is C23H31ClN2O4S. The average molecular weight is 467 g/mol. The predicted molar refractivity (Wildman–Crippen MR) is 126 cm³/mol. The van der Waals surface area contributed by atoms with Gasteiger partial charge < -0.3 is 10.1 Å².